The number of nitrogens with one attached hydrogen (secondary N) is 2. The van der Waals surface area contributed by atoms with Gasteiger partial charge >= 0.3 is 0 Å². The van der Waals surface area contributed by atoms with E-state index in [1.807, 2.05) is 0 Å². The maximum Gasteiger partial charge on any atom is 0.242 e. The van der Waals surface area contributed by atoms with Gasteiger partial charge in [0.15, 0.2) is 0 Å². The Balaban J connectivity index is 2.08. The molecule has 2 aromatic rings. The zero-order chi connectivity index (χ0) is 12.3. The van der Waals surface area contributed by atoms with Crippen LogP contribution in [0, 0.1) is 0 Å². The monoisotopic (exact) mass is 257 g/mol. The van der Waals surface area contributed by atoms with Crippen LogP contribution in [0.25, 0.3) is 0 Å². The van der Waals surface area contributed by atoms with E-state index in [1.165, 1.54) is 18.5 Å². The molecular formula is C9H11N3O4S. The summed E-state index contributed by atoms with van der Waals surface area (Å²) in [7, 11) is -3.60. The summed E-state index contributed by atoms with van der Waals surface area (Å²) >= 11 is 0. The van der Waals surface area contributed by atoms with Gasteiger partial charge in [-0.15, -0.1) is 0 Å². The molecule has 0 saturated carbocycles. The van der Waals surface area contributed by atoms with Crippen molar-refractivity contribution in [3.63, 3.8) is 0 Å². The van der Waals surface area contributed by atoms with Gasteiger partial charge in [0.25, 0.3) is 0 Å². The Morgan fingerprint density at radius 2 is 2.35 bits per heavy atom. The number of hydrogen-bond donors (Lipinski definition) is 3. The SMILES string of the molecule is O=S(=O)(NCc1ccon1)c1c[nH]c(CO)c1. The van der Waals surface area contributed by atoms with Crippen LogP contribution < -0.4 is 4.72 Å². The normalized spacial score (nSPS) is 11.8. The number of rotatable bonds is 5. The Labute approximate surface area is 97.5 Å². The fourth-order valence-corrected chi connectivity index (χ4v) is 2.26. The predicted octanol–water partition coefficient (Wildman–Crippen LogP) is -0.0265. The standard InChI is InChI=1S/C9H11N3O4S/c13-6-8-3-9(5-10-8)17(14,15)11-4-7-1-2-16-12-7/h1-3,5,10-11,13H,4,6H2. The van der Waals surface area contributed by atoms with Crippen LogP contribution in [0.4, 0.5) is 0 Å². The molecule has 0 fully saturated rings. The predicted molar refractivity (Wildman–Crippen MR) is 57.2 cm³/mol. The van der Waals surface area contributed by atoms with Crippen molar-refractivity contribution in [2.24, 2.45) is 0 Å². The molecule has 92 valence electrons. The number of aliphatic hydroxyl groups is 1. The Bertz CT molecular complexity index is 573. The smallest absolute Gasteiger partial charge is 0.242 e. The average molecular weight is 257 g/mol. The van der Waals surface area contributed by atoms with Crippen molar-refractivity contribution < 1.29 is 18.0 Å². The molecule has 0 aliphatic heterocycles. The van der Waals surface area contributed by atoms with Crippen LogP contribution in [0.1, 0.15) is 11.4 Å². The summed E-state index contributed by atoms with van der Waals surface area (Å²) in [4.78, 5) is 2.73. The van der Waals surface area contributed by atoms with E-state index in [2.05, 4.69) is 19.4 Å². The third kappa shape index (κ3) is 2.73. The van der Waals surface area contributed by atoms with Crippen molar-refractivity contribution in [2.75, 3.05) is 0 Å². The Kier molecular flexibility index (Phi) is 3.27. The molecule has 7 nitrogen and oxygen atoms in total. The van der Waals surface area contributed by atoms with Crippen molar-refractivity contribution >= 4 is 10.0 Å². The Hall–Kier alpha value is -1.64. The summed E-state index contributed by atoms with van der Waals surface area (Å²) in [5.74, 6) is 0. The minimum Gasteiger partial charge on any atom is -0.390 e. The molecule has 0 aliphatic rings. The average Bonchev–Trinajstić information content (AvgIpc) is 2.98. The van der Waals surface area contributed by atoms with E-state index < -0.39 is 10.0 Å². The Morgan fingerprint density at radius 3 is 2.94 bits per heavy atom. The molecule has 17 heavy (non-hydrogen) atoms. The van der Waals surface area contributed by atoms with E-state index in [-0.39, 0.29) is 18.0 Å². The summed E-state index contributed by atoms with van der Waals surface area (Å²) < 4.78 is 30.5. The first-order chi connectivity index (χ1) is 8.12. The quantitative estimate of drug-likeness (QED) is 0.697. The maximum atomic E-state index is 11.8. The molecule has 0 aliphatic carbocycles. The molecule has 0 bridgehead atoms. The molecule has 0 spiro atoms. The number of aliphatic hydroxyl groups excluding tert-OH is 1. The van der Waals surface area contributed by atoms with E-state index in [4.69, 9.17) is 5.11 Å². The number of aromatic nitrogens is 2. The minimum atomic E-state index is -3.60. The van der Waals surface area contributed by atoms with E-state index >= 15 is 0 Å². The highest BCUT2D eigenvalue weighted by atomic mass is 32.2. The number of nitrogens with zero attached hydrogens (tertiary/aromatic N) is 1. The van der Waals surface area contributed by atoms with Gasteiger partial charge in [-0.3, -0.25) is 0 Å². The molecule has 0 aromatic carbocycles. The summed E-state index contributed by atoms with van der Waals surface area (Å²) in [5.41, 5.74) is 0.929. The molecular weight excluding hydrogens is 246 g/mol. The van der Waals surface area contributed by atoms with Crippen molar-refractivity contribution in [2.45, 2.75) is 18.0 Å². The molecule has 2 aromatic heterocycles. The first kappa shape index (κ1) is 11.8. The summed E-state index contributed by atoms with van der Waals surface area (Å²) in [6.07, 6.45) is 2.68. The first-order valence-electron chi connectivity index (χ1n) is 4.79. The number of aromatic amines is 1. The third-order valence-corrected chi connectivity index (χ3v) is 3.51. The zero-order valence-corrected chi connectivity index (χ0v) is 9.57. The third-order valence-electron chi connectivity index (χ3n) is 2.13. The van der Waals surface area contributed by atoms with Crippen LogP contribution in [0.5, 0.6) is 0 Å². The molecule has 0 atom stereocenters. The molecule has 3 N–H and O–H groups in total. The van der Waals surface area contributed by atoms with E-state index in [0.717, 1.165) is 0 Å². The lowest BCUT2D eigenvalue weighted by Crippen LogP contribution is -2.22. The number of hydrogen-bond acceptors (Lipinski definition) is 5. The lowest BCUT2D eigenvalue weighted by atomic mass is 10.4. The van der Waals surface area contributed by atoms with Gasteiger partial charge in [-0.05, 0) is 6.07 Å². The topological polar surface area (TPSA) is 108 Å². The highest BCUT2D eigenvalue weighted by molar-refractivity contribution is 7.89. The van der Waals surface area contributed by atoms with Gasteiger partial charge in [0, 0.05) is 18.0 Å². The van der Waals surface area contributed by atoms with Crippen LogP contribution in [0.3, 0.4) is 0 Å². The van der Waals surface area contributed by atoms with Crippen LogP contribution in [0.2, 0.25) is 0 Å². The van der Waals surface area contributed by atoms with Crippen LogP contribution in [-0.4, -0.2) is 23.7 Å². The van der Waals surface area contributed by atoms with Crippen molar-refractivity contribution in [3.8, 4) is 0 Å². The van der Waals surface area contributed by atoms with Gasteiger partial charge < -0.3 is 14.6 Å². The highest BCUT2D eigenvalue weighted by Gasteiger charge is 2.16. The molecule has 0 amide bonds. The van der Waals surface area contributed by atoms with E-state index in [0.29, 0.717) is 11.4 Å². The van der Waals surface area contributed by atoms with E-state index in [1.54, 1.807) is 6.07 Å². The van der Waals surface area contributed by atoms with Crippen LogP contribution in [-0.2, 0) is 23.2 Å². The summed E-state index contributed by atoms with van der Waals surface area (Å²) in [6.45, 7) is -0.183. The highest BCUT2D eigenvalue weighted by Crippen LogP contribution is 2.11. The van der Waals surface area contributed by atoms with Crippen molar-refractivity contribution in [1.82, 2.24) is 14.9 Å². The molecule has 8 heteroatoms. The lowest BCUT2D eigenvalue weighted by Gasteiger charge is -2.01. The number of H-pyrrole nitrogens is 1. The zero-order valence-electron chi connectivity index (χ0n) is 8.75. The maximum absolute atomic E-state index is 11.8. The van der Waals surface area contributed by atoms with Gasteiger partial charge in [-0.1, -0.05) is 5.16 Å². The largest absolute Gasteiger partial charge is 0.390 e. The van der Waals surface area contributed by atoms with Gasteiger partial charge in [0.1, 0.15) is 6.26 Å². The van der Waals surface area contributed by atoms with E-state index in [9.17, 15) is 8.42 Å². The molecule has 0 radical (unpaired) electrons. The fourth-order valence-electron chi connectivity index (χ4n) is 1.25. The van der Waals surface area contributed by atoms with Gasteiger partial charge in [0.05, 0.1) is 23.7 Å². The number of sulfonamides is 1. The lowest BCUT2D eigenvalue weighted by molar-refractivity contribution is 0.277. The second-order valence-electron chi connectivity index (χ2n) is 3.33. The fraction of sp³-hybridized carbons (Fsp3) is 0.222. The van der Waals surface area contributed by atoms with Crippen molar-refractivity contribution in [3.05, 3.63) is 36.0 Å². The molecule has 2 rings (SSSR count). The molecule has 2 heterocycles. The van der Waals surface area contributed by atoms with Crippen LogP contribution >= 0.6 is 0 Å². The van der Waals surface area contributed by atoms with Gasteiger partial charge in [-0.2, -0.15) is 0 Å². The molecule has 0 unspecified atom stereocenters. The van der Waals surface area contributed by atoms with Crippen LogP contribution in [0.15, 0.2) is 34.0 Å². The van der Waals surface area contributed by atoms with Gasteiger partial charge in [-0.25, -0.2) is 13.1 Å². The minimum absolute atomic E-state index is 0.0540. The summed E-state index contributed by atoms with van der Waals surface area (Å²) in [6, 6.07) is 2.93. The van der Waals surface area contributed by atoms with Gasteiger partial charge in [0.2, 0.25) is 10.0 Å². The molecule has 0 saturated heterocycles. The summed E-state index contributed by atoms with van der Waals surface area (Å²) in [5, 5.41) is 12.4. The second kappa shape index (κ2) is 4.70. The first-order valence-corrected chi connectivity index (χ1v) is 6.27. The Morgan fingerprint density at radius 1 is 1.53 bits per heavy atom. The second-order valence-corrected chi connectivity index (χ2v) is 5.10. The van der Waals surface area contributed by atoms with Crippen molar-refractivity contribution in [1.29, 1.82) is 0 Å².